The highest BCUT2D eigenvalue weighted by Crippen LogP contribution is 2.10. The average Bonchev–Trinajstić information content (AvgIpc) is 2.20. The number of aryl methyl sites for hydroxylation is 1. The van der Waals surface area contributed by atoms with Crippen LogP contribution in [0.5, 0.6) is 0 Å². The van der Waals surface area contributed by atoms with E-state index < -0.39 is 0 Å². The topological polar surface area (TPSA) is 12.0 Å². The highest BCUT2D eigenvalue weighted by atomic mass is 35.5. The third-order valence-electron chi connectivity index (χ3n) is 2.28. The molecular weight excluding hydrogens is 206 g/mol. The van der Waals surface area contributed by atoms with Crippen molar-refractivity contribution in [2.24, 2.45) is 5.92 Å². The van der Waals surface area contributed by atoms with E-state index in [0.717, 1.165) is 30.5 Å². The van der Waals surface area contributed by atoms with Crippen LogP contribution in [0.3, 0.4) is 0 Å². The van der Waals surface area contributed by atoms with Crippen molar-refractivity contribution in [1.29, 1.82) is 0 Å². The van der Waals surface area contributed by atoms with Crippen LogP contribution >= 0.6 is 11.6 Å². The van der Waals surface area contributed by atoms with Crippen molar-refractivity contribution in [3.8, 4) is 0 Å². The summed E-state index contributed by atoms with van der Waals surface area (Å²) >= 11 is 5.82. The van der Waals surface area contributed by atoms with Gasteiger partial charge in [0.15, 0.2) is 0 Å². The van der Waals surface area contributed by atoms with Crippen LogP contribution in [-0.2, 0) is 6.42 Å². The van der Waals surface area contributed by atoms with E-state index in [1.165, 1.54) is 12.0 Å². The van der Waals surface area contributed by atoms with Gasteiger partial charge in [0, 0.05) is 5.02 Å². The van der Waals surface area contributed by atoms with Crippen LogP contribution in [0, 0.1) is 5.92 Å². The van der Waals surface area contributed by atoms with E-state index in [1.54, 1.807) is 0 Å². The molecule has 0 aliphatic heterocycles. The van der Waals surface area contributed by atoms with Gasteiger partial charge in [0.2, 0.25) is 0 Å². The van der Waals surface area contributed by atoms with Crippen molar-refractivity contribution < 1.29 is 0 Å². The van der Waals surface area contributed by atoms with Gasteiger partial charge in [-0.15, -0.1) is 0 Å². The fourth-order valence-corrected chi connectivity index (χ4v) is 1.59. The van der Waals surface area contributed by atoms with E-state index in [2.05, 4.69) is 31.3 Å². The molecule has 0 atom stereocenters. The molecule has 84 valence electrons. The average molecular weight is 226 g/mol. The maximum Gasteiger partial charge on any atom is 0.0406 e. The number of benzene rings is 1. The summed E-state index contributed by atoms with van der Waals surface area (Å²) < 4.78 is 0. The second kappa shape index (κ2) is 6.86. The summed E-state index contributed by atoms with van der Waals surface area (Å²) in [7, 11) is 0. The fraction of sp³-hybridized carbons (Fsp3) is 0.538. The zero-order valence-electron chi connectivity index (χ0n) is 9.59. The summed E-state index contributed by atoms with van der Waals surface area (Å²) in [6, 6.07) is 8.12. The summed E-state index contributed by atoms with van der Waals surface area (Å²) in [5, 5.41) is 4.26. The third-order valence-corrected chi connectivity index (χ3v) is 2.54. The lowest BCUT2D eigenvalue weighted by Crippen LogP contribution is -2.21. The molecule has 1 N–H and O–H groups in total. The van der Waals surface area contributed by atoms with Gasteiger partial charge in [-0.1, -0.05) is 37.6 Å². The number of hydrogen-bond acceptors (Lipinski definition) is 1. The Labute approximate surface area is 97.8 Å². The lowest BCUT2D eigenvalue weighted by Gasteiger charge is -2.07. The smallest absolute Gasteiger partial charge is 0.0406 e. The van der Waals surface area contributed by atoms with Gasteiger partial charge >= 0.3 is 0 Å². The van der Waals surface area contributed by atoms with Gasteiger partial charge in [0.05, 0.1) is 0 Å². The lowest BCUT2D eigenvalue weighted by molar-refractivity contribution is 0.543. The van der Waals surface area contributed by atoms with Crippen LogP contribution in [0.4, 0.5) is 0 Å². The number of rotatable bonds is 6. The predicted octanol–water partition coefficient (Wildman–Crippen LogP) is 3.52. The van der Waals surface area contributed by atoms with Gasteiger partial charge in [-0.25, -0.2) is 0 Å². The van der Waals surface area contributed by atoms with Gasteiger partial charge in [0.1, 0.15) is 0 Å². The zero-order valence-corrected chi connectivity index (χ0v) is 10.3. The van der Waals surface area contributed by atoms with Crippen molar-refractivity contribution in [3.05, 3.63) is 34.9 Å². The van der Waals surface area contributed by atoms with Crippen molar-refractivity contribution in [2.75, 3.05) is 13.1 Å². The van der Waals surface area contributed by atoms with E-state index in [4.69, 9.17) is 11.6 Å². The molecule has 15 heavy (non-hydrogen) atoms. The molecule has 0 bridgehead atoms. The van der Waals surface area contributed by atoms with Gasteiger partial charge in [-0.3, -0.25) is 0 Å². The van der Waals surface area contributed by atoms with Gasteiger partial charge in [-0.05, 0) is 49.5 Å². The first-order chi connectivity index (χ1) is 7.18. The van der Waals surface area contributed by atoms with Crippen molar-refractivity contribution in [3.63, 3.8) is 0 Å². The molecule has 0 unspecified atom stereocenters. The van der Waals surface area contributed by atoms with Crippen LogP contribution < -0.4 is 5.32 Å². The molecule has 1 rings (SSSR count). The standard InChI is InChI=1S/C13H20ClN/c1-11(2)10-15-9-3-4-12-5-7-13(14)8-6-12/h5-8,11,15H,3-4,9-10H2,1-2H3. The summed E-state index contributed by atoms with van der Waals surface area (Å²) in [6.07, 6.45) is 2.32. The molecule has 0 radical (unpaired) electrons. The number of hydrogen-bond donors (Lipinski definition) is 1. The minimum atomic E-state index is 0.737. The molecule has 0 aromatic heterocycles. The molecule has 0 amide bonds. The van der Waals surface area contributed by atoms with Crippen molar-refractivity contribution in [1.82, 2.24) is 5.32 Å². The van der Waals surface area contributed by atoms with Crippen LogP contribution in [0.1, 0.15) is 25.8 Å². The third kappa shape index (κ3) is 5.81. The normalized spacial score (nSPS) is 10.9. The summed E-state index contributed by atoms with van der Waals surface area (Å²) in [5.74, 6) is 0.737. The Morgan fingerprint density at radius 2 is 1.87 bits per heavy atom. The molecule has 0 saturated carbocycles. The predicted molar refractivity (Wildman–Crippen MR) is 67.5 cm³/mol. The maximum atomic E-state index is 5.82. The minimum Gasteiger partial charge on any atom is -0.316 e. The van der Waals surface area contributed by atoms with E-state index in [-0.39, 0.29) is 0 Å². The van der Waals surface area contributed by atoms with Crippen molar-refractivity contribution >= 4 is 11.6 Å². The largest absolute Gasteiger partial charge is 0.316 e. The Morgan fingerprint density at radius 3 is 2.47 bits per heavy atom. The first-order valence-electron chi connectivity index (χ1n) is 5.63. The molecule has 0 aliphatic carbocycles. The Hall–Kier alpha value is -0.530. The summed E-state index contributed by atoms with van der Waals surface area (Å²) in [6.45, 7) is 6.67. The Balaban J connectivity index is 2.12. The summed E-state index contributed by atoms with van der Waals surface area (Å²) in [5.41, 5.74) is 1.37. The molecule has 0 heterocycles. The molecule has 0 fully saturated rings. The Kier molecular flexibility index (Phi) is 5.74. The van der Waals surface area contributed by atoms with Crippen LogP contribution in [0.25, 0.3) is 0 Å². The maximum absolute atomic E-state index is 5.82. The van der Waals surface area contributed by atoms with E-state index >= 15 is 0 Å². The highest BCUT2D eigenvalue weighted by molar-refractivity contribution is 6.30. The second-order valence-electron chi connectivity index (χ2n) is 4.33. The van der Waals surface area contributed by atoms with E-state index in [9.17, 15) is 0 Å². The van der Waals surface area contributed by atoms with Crippen molar-refractivity contribution in [2.45, 2.75) is 26.7 Å². The lowest BCUT2D eigenvalue weighted by atomic mass is 10.1. The molecule has 1 aromatic carbocycles. The molecule has 1 nitrogen and oxygen atoms in total. The number of nitrogens with one attached hydrogen (secondary N) is 1. The first kappa shape index (κ1) is 12.5. The van der Waals surface area contributed by atoms with Crippen LogP contribution in [-0.4, -0.2) is 13.1 Å². The Morgan fingerprint density at radius 1 is 1.20 bits per heavy atom. The molecule has 0 saturated heterocycles. The van der Waals surface area contributed by atoms with Crippen LogP contribution in [0.2, 0.25) is 5.02 Å². The van der Waals surface area contributed by atoms with E-state index in [0.29, 0.717) is 0 Å². The molecule has 2 heteroatoms. The van der Waals surface area contributed by atoms with Crippen LogP contribution in [0.15, 0.2) is 24.3 Å². The first-order valence-corrected chi connectivity index (χ1v) is 6.01. The van der Waals surface area contributed by atoms with Gasteiger partial charge < -0.3 is 5.32 Å². The minimum absolute atomic E-state index is 0.737. The molecule has 0 aliphatic rings. The summed E-state index contributed by atoms with van der Waals surface area (Å²) in [4.78, 5) is 0. The molecular formula is C13H20ClN. The fourth-order valence-electron chi connectivity index (χ4n) is 1.46. The highest BCUT2D eigenvalue weighted by Gasteiger charge is 1.95. The van der Waals surface area contributed by atoms with E-state index in [1.807, 2.05) is 12.1 Å². The van der Waals surface area contributed by atoms with Gasteiger partial charge in [-0.2, -0.15) is 0 Å². The SMILES string of the molecule is CC(C)CNCCCc1ccc(Cl)cc1. The van der Waals surface area contributed by atoms with Gasteiger partial charge in [0.25, 0.3) is 0 Å². The zero-order chi connectivity index (χ0) is 11.1. The monoisotopic (exact) mass is 225 g/mol. The number of halogens is 1. The quantitative estimate of drug-likeness (QED) is 0.731. The Bertz CT molecular complexity index is 266. The molecule has 1 aromatic rings. The molecule has 0 spiro atoms. The second-order valence-corrected chi connectivity index (χ2v) is 4.76.